The van der Waals surface area contributed by atoms with Crippen LogP contribution in [0.2, 0.25) is 5.82 Å². The van der Waals surface area contributed by atoms with Crippen molar-refractivity contribution in [2.45, 2.75) is 95.4 Å². The number of hydrogen-bond donors (Lipinski definition) is 0. The minimum Gasteiger partial charge on any atom is -0.462 e. The maximum Gasteiger partial charge on any atom is 0.309 e. The van der Waals surface area contributed by atoms with Gasteiger partial charge in [0.1, 0.15) is 6.10 Å². The van der Waals surface area contributed by atoms with Crippen molar-refractivity contribution in [2.24, 2.45) is 17.8 Å². The molecule has 0 spiro atoms. The summed E-state index contributed by atoms with van der Waals surface area (Å²) in [6.07, 6.45) is 15.7. The average molecular weight is 302 g/mol. The molecule has 0 unspecified atom stereocenters. The van der Waals surface area contributed by atoms with Gasteiger partial charge in [0.2, 0.25) is 0 Å². The van der Waals surface area contributed by atoms with Gasteiger partial charge in [-0.1, -0.05) is 37.9 Å². The summed E-state index contributed by atoms with van der Waals surface area (Å²) in [6.45, 7) is 0. The van der Waals surface area contributed by atoms with Crippen LogP contribution >= 0.6 is 0 Å². The lowest BCUT2D eigenvalue weighted by atomic mass is 9.65. The van der Waals surface area contributed by atoms with Crippen LogP contribution in [0.3, 0.4) is 0 Å². The first-order chi connectivity index (χ1) is 10.7. The molecule has 2 nitrogen and oxygen atoms in total. The van der Waals surface area contributed by atoms with E-state index in [1.807, 2.05) is 0 Å². The first-order valence-electron chi connectivity index (χ1n) is 9.68. The van der Waals surface area contributed by atoms with Gasteiger partial charge in [-0.3, -0.25) is 4.79 Å². The summed E-state index contributed by atoms with van der Waals surface area (Å²) in [5.74, 6) is 2.44. The second-order valence-corrected chi connectivity index (χ2v) is 7.98. The Hall–Kier alpha value is -0.465. The van der Waals surface area contributed by atoms with Crippen molar-refractivity contribution < 1.29 is 9.53 Å². The lowest BCUT2D eigenvalue weighted by molar-refractivity contribution is -0.157. The number of hydrogen-bond acceptors (Lipinski definition) is 2. The summed E-state index contributed by atoms with van der Waals surface area (Å²) in [5.41, 5.74) is 0. The largest absolute Gasteiger partial charge is 0.462 e. The van der Waals surface area contributed by atoms with Crippen molar-refractivity contribution in [3.05, 3.63) is 0 Å². The van der Waals surface area contributed by atoms with E-state index in [0.717, 1.165) is 37.5 Å². The van der Waals surface area contributed by atoms with Crippen molar-refractivity contribution in [3.63, 3.8) is 0 Å². The molecule has 22 heavy (non-hydrogen) atoms. The monoisotopic (exact) mass is 302 g/mol. The second kappa shape index (κ2) is 7.88. The quantitative estimate of drug-likeness (QED) is 0.552. The molecular formula is C19H31BO2. The van der Waals surface area contributed by atoms with Gasteiger partial charge in [-0.25, -0.2) is 0 Å². The van der Waals surface area contributed by atoms with Crippen molar-refractivity contribution in [3.8, 4) is 0 Å². The Morgan fingerprint density at radius 2 is 1.27 bits per heavy atom. The molecule has 3 heteroatoms. The highest BCUT2D eigenvalue weighted by Gasteiger charge is 2.33. The van der Waals surface area contributed by atoms with Gasteiger partial charge < -0.3 is 4.74 Å². The summed E-state index contributed by atoms with van der Waals surface area (Å²) < 4.78 is 5.77. The highest BCUT2D eigenvalue weighted by Crippen LogP contribution is 2.42. The summed E-state index contributed by atoms with van der Waals surface area (Å²) in [7, 11) is 6.02. The van der Waals surface area contributed by atoms with Gasteiger partial charge in [0, 0.05) is 0 Å². The predicted octanol–water partition coefficient (Wildman–Crippen LogP) is 4.82. The molecule has 0 aromatic heterocycles. The van der Waals surface area contributed by atoms with Crippen LogP contribution in [-0.2, 0) is 9.53 Å². The van der Waals surface area contributed by atoms with Gasteiger partial charge in [0.05, 0.1) is 13.8 Å². The summed E-state index contributed by atoms with van der Waals surface area (Å²) in [4.78, 5) is 12.4. The maximum atomic E-state index is 12.4. The fourth-order valence-electron chi connectivity index (χ4n) is 4.89. The smallest absolute Gasteiger partial charge is 0.309 e. The van der Waals surface area contributed by atoms with E-state index in [-0.39, 0.29) is 18.0 Å². The minimum absolute atomic E-state index is 0.107. The van der Waals surface area contributed by atoms with Gasteiger partial charge >= 0.3 is 5.97 Å². The van der Waals surface area contributed by atoms with Gasteiger partial charge in [0.15, 0.2) is 0 Å². The summed E-state index contributed by atoms with van der Waals surface area (Å²) in [5, 5.41) is 0. The van der Waals surface area contributed by atoms with E-state index in [9.17, 15) is 4.79 Å². The number of ether oxygens (including phenoxy) is 1. The molecule has 0 aliphatic heterocycles. The Morgan fingerprint density at radius 3 is 1.86 bits per heavy atom. The van der Waals surface area contributed by atoms with Crippen LogP contribution in [0.15, 0.2) is 0 Å². The normalized spacial score (nSPS) is 37.6. The molecule has 0 aromatic rings. The highest BCUT2D eigenvalue weighted by molar-refractivity contribution is 6.11. The SMILES string of the molecule is [B]C1CCC(C2CCC(C(=O)OC3CCCCC3)CC2)CC1. The van der Waals surface area contributed by atoms with E-state index in [1.165, 1.54) is 57.8 Å². The van der Waals surface area contributed by atoms with E-state index in [0.29, 0.717) is 5.82 Å². The molecule has 0 aromatic carbocycles. The topological polar surface area (TPSA) is 26.3 Å². The second-order valence-electron chi connectivity index (χ2n) is 7.98. The standard InChI is InChI=1S/C19H31BO2/c20-17-12-10-15(11-13-17)14-6-8-16(9-7-14)19(21)22-18-4-2-1-3-5-18/h14-18H,1-13H2. The van der Waals surface area contributed by atoms with Crippen LogP contribution in [0.1, 0.15) is 83.5 Å². The fourth-order valence-corrected chi connectivity index (χ4v) is 4.89. The van der Waals surface area contributed by atoms with Crippen LogP contribution in [0.25, 0.3) is 0 Å². The molecule has 3 aliphatic carbocycles. The van der Waals surface area contributed by atoms with Crippen molar-refractivity contribution in [1.29, 1.82) is 0 Å². The third kappa shape index (κ3) is 4.29. The van der Waals surface area contributed by atoms with Gasteiger partial charge in [0.25, 0.3) is 0 Å². The fraction of sp³-hybridized carbons (Fsp3) is 0.947. The summed E-state index contributed by atoms with van der Waals surface area (Å²) in [6, 6.07) is 0. The zero-order valence-electron chi connectivity index (χ0n) is 14.0. The molecule has 0 amide bonds. The summed E-state index contributed by atoms with van der Waals surface area (Å²) >= 11 is 0. The Kier molecular flexibility index (Phi) is 5.87. The Balaban J connectivity index is 1.40. The lowest BCUT2D eigenvalue weighted by Crippen LogP contribution is -2.31. The first-order valence-corrected chi connectivity index (χ1v) is 9.68. The third-order valence-electron chi connectivity index (χ3n) is 6.42. The Labute approximate surface area is 137 Å². The van der Waals surface area contributed by atoms with Crippen LogP contribution in [-0.4, -0.2) is 19.9 Å². The van der Waals surface area contributed by atoms with Gasteiger partial charge in [-0.2, -0.15) is 0 Å². The van der Waals surface area contributed by atoms with Crippen molar-refractivity contribution in [2.75, 3.05) is 0 Å². The van der Waals surface area contributed by atoms with E-state index < -0.39 is 0 Å². The third-order valence-corrected chi connectivity index (χ3v) is 6.42. The molecular weight excluding hydrogens is 271 g/mol. The molecule has 0 bridgehead atoms. The van der Waals surface area contributed by atoms with Crippen LogP contribution in [0, 0.1) is 17.8 Å². The van der Waals surface area contributed by atoms with Crippen molar-refractivity contribution in [1.82, 2.24) is 0 Å². The molecule has 3 saturated carbocycles. The Morgan fingerprint density at radius 1 is 0.727 bits per heavy atom. The molecule has 122 valence electrons. The van der Waals surface area contributed by atoms with Crippen LogP contribution in [0.5, 0.6) is 0 Å². The number of carbonyl (C=O) groups is 1. The molecule has 3 aliphatic rings. The highest BCUT2D eigenvalue weighted by atomic mass is 16.5. The molecule has 2 radical (unpaired) electrons. The van der Waals surface area contributed by atoms with E-state index in [4.69, 9.17) is 12.6 Å². The lowest BCUT2D eigenvalue weighted by Gasteiger charge is -2.37. The zero-order valence-corrected chi connectivity index (χ0v) is 14.0. The molecule has 0 heterocycles. The molecule has 0 N–H and O–H groups in total. The maximum absolute atomic E-state index is 12.4. The minimum atomic E-state index is 0.107. The molecule has 3 rings (SSSR count). The van der Waals surface area contributed by atoms with E-state index >= 15 is 0 Å². The molecule has 0 saturated heterocycles. The van der Waals surface area contributed by atoms with Gasteiger partial charge in [-0.15, -0.1) is 0 Å². The Bertz CT molecular complexity index is 348. The first kappa shape index (κ1) is 16.4. The van der Waals surface area contributed by atoms with Crippen LogP contribution in [0.4, 0.5) is 0 Å². The van der Waals surface area contributed by atoms with E-state index in [1.54, 1.807) is 0 Å². The average Bonchev–Trinajstić information content (AvgIpc) is 2.57. The predicted molar refractivity (Wildman–Crippen MR) is 89.9 cm³/mol. The number of carbonyl (C=O) groups excluding carboxylic acids is 1. The van der Waals surface area contributed by atoms with E-state index in [2.05, 4.69) is 0 Å². The molecule has 0 atom stereocenters. The van der Waals surface area contributed by atoms with Gasteiger partial charge in [-0.05, 0) is 63.2 Å². The zero-order chi connectivity index (χ0) is 15.4. The van der Waals surface area contributed by atoms with Crippen LogP contribution < -0.4 is 0 Å². The van der Waals surface area contributed by atoms with Crippen molar-refractivity contribution >= 4 is 13.8 Å². The number of rotatable bonds is 3. The number of esters is 1. The molecule has 3 fully saturated rings.